The summed E-state index contributed by atoms with van der Waals surface area (Å²) in [5.74, 6) is 0.00251. The Bertz CT molecular complexity index is 1290. The minimum atomic E-state index is -0.213. The molecule has 2 aliphatic heterocycles. The SMILES string of the molecule is O=C(c1nnc2sc3nnc(C(=O)N4CCOCC4)n3c3ccccc3n12)N1CCOCC1. The highest BCUT2D eigenvalue weighted by molar-refractivity contribution is 7.21. The number of ether oxygens (including phenoxy) is 2. The zero-order valence-corrected chi connectivity index (χ0v) is 18.4. The summed E-state index contributed by atoms with van der Waals surface area (Å²) in [5, 5.41) is 17.0. The van der Waals surface area contributed by atoms with Gasteiger partial charge in [0.15, 0.2) is 0 Å². The first-order chi connectivity index (χ1) is 16.2. The minimum absolute atomic E-state index is 0.213. The Labute approximate surface area is 191 Å². The quantitative estimate of drug-likeness (QED) is 0.417. The highest BCUT2D eigenvalue weighted by Gasteiger charge is 2.27. The number of amides is 2. The monoisotopic (exact) mass is 468 g/mol. The van der Waals surface area contributed by atoms with Crippen molar-refractivity contribution in [1.29, 1.82) is 0 Å². The van der Waals surface area contributed by atoms with Crippen LogP contribution in [0.25, 0.3) is 21.0 Å². The van der Waals surface area contributed by atoms with Crippen LogP contribution >= 0.6 is 11.3 Å². The van der Waals surface area contributed by atoms with Crippen molar-refractivity contribution in [3.63, 3.8) is 0 Å². The second kappa shape index (κ2) is 8.17. The Hall–Kier alpha value is -3.42. The standard InChI is InChI=1S/C20H20N8O4S/c29-17(25-5-9-31-10-6-25)15-21-23-19-27(15)13-3-1-2-4-14(13)28-16(22-24-20(28)33-19)18(30)26-7-11-32-12-8-26/h1-4H,5-12H2. The lowest BCUT2D eigenvalue weighted by Gasteiger charge is -2.26. The second-order valence-corrected chi connectivity index (χ2v) is 8.62. The van der Waals surface area contributed by atoms with Gasteiger partial charge in [0.2, 0.25) is 21.6 Å². The lowest BCUT2D eigenvalue weighted by atomic mass is 10.3. The molecule has 6 rings (SSSR count). The van der Waals surface area contributed by atoms with Gasteiger partial charge in [-0.15, -0.1) is 20.4 Å². The molecule has 0 spiro atoms. The van der Waals surface area contributed by atoms with Gasteiger partial charge in [0.05, 0.1) is 37.5 Å². The van der Waals surface area contributed by atoms with Crippen molar-refractivity contribution in [2.45, 2.75) is 0 Å². The van der Waals surface area contributed by atoms with Gasteiger partial charge in [0.25, 0.3) is 11.8 Å². The van der Waals surface area contributed by atoms with Gasteiger partial charge < -0.3 is 19.3 Å². The fraction of sp³-hybridized carbons (Fsp3) is 0.400. The molecule has 1 aromatic carbocycles. The molecule has 5 heterocycles. The predicted molar refractivity (Wildman–Crippen MR) is 117 cm³/mol. The number of carbonyl (C=O) groups excluding carboxylic acids is 2. The molecular weight excluding hydrogens is 448 g/mol. The number of hydrogen-bond acceptors (Lipinski definition) is 9. The molecule has 33 heavy (non-hydrogen) atoms. The molecule has 170 valence electrons. The number of hydrogen-bond donors (Lipinski definition) is 0. The number of aromatic nitrogens is 6. The fourth-order valence-electron chi connectivity index (χ4n) is 4.12. The molecule has 0 saturated carbocycles. The smallest absolute Gasteiger partial charge is 0.292 e. The summed E-state index contributed by atoms with van der Waals surface area (Å²) in [6.45, 7) is 3.97. The van der Waals surface area contributed by atoms with Crippen LogP contribution in [0.4, 0.5) is 0 Å². The van der Waals surface area contributed by atoms with Crippen LogP contribution in [0.2, 0.25) is 0 Å². The van der Waals surface area contributed by atoms with Gasteiger partial charge >= 0.3 is 0 Å². The van der Waals surface area contributed by atoms with Crippen molar-refractivity contribution in [3.05, 3.63) is 35.9 Å². The van der Waals surface area contributed by atoms with Gasteiger partial charge in [0.1, 0.15) is 0 Å². The van der Waals surface area contributed by atoms with E-state index in [1.54, 1.807) is 18.6 Å². The van der Waals surface area contributed by atoms with Gasteiger partial charge in [-0.05, 0) is 12.1 Å². The maximum Gasteiger partial charge on any atom is 0.292 e. The first kappa shape index (κ1) is 20.2. The third-order valence-corrected chi connectivity index (χ3v) is 6.69. The van der Waals surface area contributed by atoms with Crippen LogP contribution in [0.5, 0.6) is 0 Å². The van der Waals surface area contributed by atoms with Crippen LogP contribution < -0.4 is 0 Å². The molecule has 13 heteroatoms. The third-order valence-electron chi connectivity index (χ3n) is 5.79. The zero-order chi connectivity index (χ0) is 22.4. The van der Waals surface area contributed by atoms with E-state index in [9.17, 15) is 9.59 Å². The predicted octanol–water partition coefficient (Wildman–Crippen LogP) is 0.494. The summed E-state index contributed by atoms with van der Waals surface area (Å²) >= 11 is 1.22. The topological polar surface area (TPSA) is 119 Å². The highest BCUT2D eigenvalue weighted by Crippen LogP contribution is 2.24. The summed E-state index contributed by atoms with van der Waals surface area (Å²) < 4.78 is 14.2. The molecule has 0 radical (unpaired) electrons. The lowest BCUT2D eigenvalue weighted by Crippen LogP contribution is -2.41. The van der Waals surface area contributed by atoms with Crippen molar-refractivity contribution in [2.75, 3.05) is 52.6 Å². The molecule has 12 nitrogen and oxygen atoms in total. The summed E-state index contributed by atoms with van der Waals surface area (Å²) in [5.41, 5.74) is 1.35. The van der Waals surface area contributed by atoms with E-state index < -0.39 is 0 Å². The van der Waals surface area contributed by atoms with E-state index in [1.165, 1.54) is 11.3 Å². The van der Waals surface area contributed by atoms with Gasteiger partial charge in [-0.2, -0.15) is 0 Å². The molecule has 0 bridgehead atoms. The first-order valence-electron chi connectivity index (χ1n) is 10.6. The van der Waals surface area contributed by atoms with E-state index in [-0.39, 0.29) is 23.5 Å². The van der Waals surface area contributed by atoms with Crippen LogP contribution in [0.3, 0.4) is 0 Å². The molecule has 2 aliphatic rings. The number of nitrogens with zero attached hydrogens (tertiary/aromatic N) is 8. The van der Waals surface area contributed by atoms with Gasteiger partial charge in [-0.3, -0.25) is 18.4 Å². The molecular formula is C20H20N8O4S. The van der Waals surface area contributed by atoms with Crippen LogP contribution in [-0.4, -0.2) is 103 Å². The van der Waals surface area contributed by atoms with Crippen molar-refractivity contribution in [1.82, 2.24) is 39.0 Å². The fourth-order valence-corrected chi connectivity index (χ4v) is 5.00. The number of rotatable bonds is 2. The van der Waals surface area contributed by atoms with Gasteiger partial charge in [0, 0.05) is 26.2 Å². The maximum absolute atomic E-state index is 13.3. The normalized spacial score (nSPS) is 17.2. The van der Waals surface area contributed by atoms with Crippen molar-refractivity contribution < 1.29 is 19.1 Å². The van der Waals surface area contributed by atoms with Crippen molar-refractivity contribution >= 4 is 44.1 Å². The number of benzene rings is 1. The molecule has 2 fully saturated rings. The largest absolute Gasteiger partial charge is 0.378 e. The van der Waals surface area contributed by atoms with E-state index in [2.05, 4.69) is 20.4 Å². The number of para-hydroxylation sites is 2. The first-order valence-corrected chi connectivity index (χ1v) is 11.5. The Balaban J connectivity index is 1.57. The van der Waals surface area contributed by atoms with E-state index in [4.69, 9.17) is 9.47 Å². The molecule has 0 aliphatic carbocycles. The van der Waals surface area contributed by atoms with Gasteiger partial charge in [-0.1, -0.05) is 23.5 Å². The average molecular weight is 468 g/mol. The maximum atomic E-state index is 13.3. The summed E-state index contributed by atoms with van der Waals surface area (Å²) in [4.78, 5) is 30.9. The Morgan fingerprint density at radius 2 is 1.12 bits per heavy atom. The minimum Gasteiger partial charge on any atom is -0.378 e. The van der Waals surface area contributed by atoms with Crippen molar-refractivity contribution in [3.8, 4) is 0 Å². The average Bonchev–Trinajstić information content (AvgIpc) is 3.46. The molecule has 2 amide bonds. The van der Waals surface area contributed by atoms with E-state index >= 15 is 0 Å². The number of morpholine rings is 2. The summed E-state index contributed by atoms with van der Waals surface area (Å²) in [6, 6.07) is 7.48. The molecule has 2 saturated heterocycles. The van der Waals surface area contributed by atoms with E-state index in [0.717, 1.165) is 0 Å². The number of fused-ring (bicyclic) bond motifs is 5. The Morgan fingerprint density at radius 3 is 1.55 bits per heavy atom. The number of carbonyl (C=O) groups is 2. The molecule has 4 aromatic rings. The highest BCUT2D eigenvalue weighted by atomic mass is 32.1. The lowest BCUT2D eigenvalue weighted by molar-refractivity contribution is 0.0292. The Morgan fingerprint density at radius 1 is 0.697 bits per heavy atom. The summed E-state index contributed by atoms with van der Waals surface area (Å²) in [7, 11) is 0. The van der Waals surface area contributed by atoms with Crippen LogP contribution in [0.1, 0.15) is 21.2 Å². The van der Waals surface area contributed by atoms with Crippen LogP contribution in [0.15, 0.2) is 24.3 Å². The van der Waals surface area contributed by atoms with E-state index in [0.29, 0.717) is 73.6 Å². The van der Waals surface area contributed by atoms with Crippen LogP contribution in [-0.2, 0) is 9.47 Å². The molecule has 0 N–H and O–H groups in total. The molecule has 0 atom stereocenters. The molecule has 0 unspecified atom stereocenters. The zero-order valence-electron chi connectivity index (χ0n) is 17.6. The van der Waals surface area contributed by atoms with Gasteiger partial charge in [-0.25, -0.2) is 0 Å². The summed E-state index contributed by atoms with van der Waals surface area (Å²) in [6.07, 6.45) is 0. The van der Waals surface area contributed by atoms with Crippen molar-refractivity contribution in [2.24, 2.45) is 0 Å². The van der Waals surface area contributed by atoms with E-state index in [1.807, 2.05) is 24.3 Å². The Kier molecular flexibility index (Phi) is 5.00. The third kappa shape index (κ3) is 3.35. The molecule has 3 aromatic heterocycles. The second-order valence-electron chi connectivity index (χ2n) is 7.68. The van der Waals surface area contributed by atoms with Crippen LogP contribution in [0, 0.1) is 0 Å².